The molecule has 0 aliphatic rings. The summed E-state index contributed by atoms with van der Waals surface area (Å²) in [6.07, 6.45) is 0. The van der Waals surface area contributed by atoms with Crippen molar-refractivity contribution in [3.05, 3.63) is 90.0 Å². The maximum absolute atomic E-state index is 9.27. The molecule has 3 N–H and O–H groups in total. The summed E-state index contributed by atoms with van der Waals surface area (Å²) in [5, 5.41) is 16.0. The molecule has 0 amide bonds. The first kappa shape index (κ1) is 15.0. The van der Waals surface area contributed by atoms with Crippen LogP contribution in [0.4, 0.5) is 11.4 Å². The number of benzene rings is 3. The van der Waals surface area contributed by atoms with Gasteiger partial charge in [-0.1, -0.05) is 42.5 Å². The Balaban J connectivity index is 1.51. The van der Waals surface area contributed by atoms with Gasteiger partial charge in [-0.15, -0.1) is 0 Å². The topological polar surface area (TPSA) is 44.3 Å². The van der Waals surface area contributed by atoms with Crippen molar-refractivity contribution in [3.63, 3.8) is 0 Å². The predicted octanol–water partition coefficient (Wildman–Crippen LogP) is 4.62. The van der Waals surface area contributed by atoms with Crippen LogP contribution in [-0.2, 0) is 13.1 Å². The molecule has 0 unspecified atom stereocenters. The number of hydrogen-bond donors (Lipinski definition) is 3. The van der Waals surface area contributed by atoms with E-state index < -0.39 is 0 Å². The molecule has 0 aliphatic carbocycles. The fourth-order valence-electron chi connectivity index (χ4n) is 2.32. The van der Waals surface area contributed by atoms with E-state index in [2.05, 4.69) is 47.0 Å². The molecule has 116 valence electrons. The third-order valence-corrected chi connectivity index (χ3v) is 3.66. The molecule has 0 aromatic heterocycles. The van der Waals surface area contributed by atoms with E-state index in [0.29, 0.717) is 0 Å². The quantitative estimate of drug-likeness (QED) is 0.582. The maximum atomic E-state index is 9.27. The van der Waals surface area contributed by atoms with Gasteiger partial charge in [-0.25, -0.2) is 0 Å². The lowest BCUT2D eigenvalue weighted by atomic mass is 10.1. The van der Waals surface area contributed by atoms with Gasteiger partial charge >= 0.3 is 0 Å². The summed E-state index contributed by atoms with van der Waals surface area (Å²) >= 11 is 0. The van der Waals surface area contributed by atoms with Crippen LogP contribution < -0.4 is 10.6 Å². The molecule has 3 nitrogen and oxygen atoms in total. The van der Waals surface area contributed by atoms with Crippen LogP contribution in [0.15, 0.2) is 78.9 Å². The fraction of sp³-hybridized carbons (Fsp3) is 0.100. The van der Waals surface area contributed by atoms with Crippen molar-refractivity contribution >= 4 is 11.4 Å². The SMILES string of the molecule is Oc1ccc(NCc2ccc(CNc3ccccc3)cc2)cc1. The first-order valence-corrected chi connectivity index (χ1v) is 7.69. The van der Waals surface area contributed by atoms with Gasteiger partial charge in [0, 0.05) is 24.5 Å². The van der Waals surface area contributed by atoms with Crippen LogP contribution in [0.5, 0.6) is 5.75 Å². The zero-order valence-corrected chi connectivity index (χ0v) is 12.9. The van der Waals surface area contributed by atoms with E-state index in [9.17, 15) is 5.11 Å². The minimum absolute atomic E-state index is 0.283. The highest BCUT2D eigenvalue weighted by atomic mass is 16.3. The molecule has 0 spiro atoms. The lowest BCUT2D eigenvalue weighted by Gasteiger charge is -2.09. The van der Waals surface area contributed by atoms with Crippen LogP contribution in [0, 0.1) is 0 Å². The molecule has 0 bridgehead atoms. The van der Waals surface area contributed by atoms with Gasteiger partial charge in [-0.3, -0.25) is 0 Å². The fourth-order valence-corrected chi connectivity index (χ4v) is 2.32. The molecule has 0 aliphatic heterocycles. The third kappa shape index (κ3) is 4.51. The number of phenolic OH excluding ortho intramolecular Hbond substituents is 1. The highest BCUT2D eigenvalue weighted by molar-refractivity contribution is 5.47. The average molecular weight is 304 g/mol. The van der Waals surface area contributed by atoms with E-state index in [0.717, 1.165) is 24.5 Å². The highest BCUT2D eigenvalue weighted by Crippen LogP contribution is 2.15. The summed E-state index contributed by atoms with van der Waals surface area (Å²) in [4.78, 5) is 0. The molecule has 3 rings (SSSR count). The van der Waals surface area contributed by atoms with Gasteiger partial charge in [-0.05, 0) is 47.5 Å². The van der Waals surface area contributed by atoms with Gasteiger partial charge in [0.05, 0.1) is 0 Å². The molecule has 3 aromatic carbocycles. The summed E-state index contributed by atoms with van der Waals surface area (Å²) < 4.78 is 0. The molecule has 3 aromatic rings. The molecule has 0 saturated carbocycles. The Morgan fingerprint density at radius 1 is 0.565 bits per heavy atom. The van der Waals surface area contributed by atoms with E-state index in [1.807, 2.05) is 30.3 Å². The molecule has 0 fully saturated rings. The van der Waals surface area contributed by atoms with Gasteiger partial charge in [0.15, 0.2) is 0 Å². The number of rotatable bonds is 6. The van der Waals surface area contributed by atoms with Gasteiger partial charge in [-0.2, -0.15) is 0 Å². The molecule has 0 heterocycles. The van der Waals surface area contributed by atoms with Crippen molar-refractivity contribution in [1.82, 2.24) is 0 Å². The number of aromatic hydroxyl groups is 1. The van der Waals surface area contributed by atoms with Crippen molar-refractivity contribution in [2.75, 3.05) is 10.6 Å². The zero-order chi connectivity index (χ0) is 15.9. The molecule has 0 atom stereocenters. The molecule has 23 heavy (non-hydrogen) atoms. The van der Waals surface area contributed by atoms with Crippen LogP contribution in [0.25, 0.3) is 0 Å². The maximum Gasteiger partial charge on any atom is 0.115 e. The summed E-state index contributed by atoms with van der Waals surface area (Å²) in [6, 6.07) is 25.9. The van der Waals surface area contributed by atoms with Gasteiger partial charge in [0.1, 0.15) is 5.75 Å². The summed E-state index contributed by atoms with van der Waals surface area (Å²) in [5.74, 6) is 0.283. The Morgan fingerprint density at radius 2 is 1.04 bits per heavy atom. The summed E-state index contributed by atoms with van der Waals surface area (Å²) in [7, 11) is 0. The Hall–Kier alpha value is -2.94. The van der Waals surface area contributed by atoms with E-state index in [1.54, 1.807) is 12.1 Å². The first-order chi connectivity index (χ1) is 11.3. The number of phenols is 1. The van der Waals surface area contributed by atoms with Crippen molar-refractivity contribution in [3.8, 4) is 5.75 Å². The number of anilines is 2. The number of nitrogens with one attached hydrogen (secondary N) is 2. The van der Waals surface area contributed by atoms with Gasteiger partial charge in [0.2, 0.25) is 0 Å². The van der Waals surface area contributed by atoms with Crippen molar-refractivity contribution in [1.29, 1.82) is 0 Å². The minimum Gasteiger partial charge on any atom is -0.508 e. The van der Waals surface area contributed by atoms with Crippen LogP contribution in [-0.4, -0.2) is 5.11 Å². The standard InChI is InChI=1S/C20H20N2O/c23-20-12-10-19(11-13-20)22-15-17-8-6-16(7-9-17)14-21-18-4-2-1-3-5-18/h1-13,21-23H,14-15H2. The molecular formula is C20H20N2O. The predicted molar refractivity (Wildman–Crippen MR) is 95.6 cm³/mol. The van der Waals surface area contributed by atoms with Crippen LogP contribution in [0.2, 0.25) is 0 Å². The second-order valence-electron chi connectivity index (χ2n) is 5.44. The Labute approximate surface area is 136 Å². The second-order valence-corrected chi connectivity index (χ2v) is 5.44. The van der Waals surface area contributed by atoms with Crippen molar-refractivity contribution in [2.24, 2.45) is 0 Å². The normalized spacial score (nSPS) is 10.3. The van der Waals surface area contributed by atoms with Gasteiger partial charge in [0.25, 0.3) is 0 Å². The van der Waals surface area contributed by atoms with Crippen LogP contribution in [0.1, 0.15) is 11.1 Å². The van der Waals surface area contributed by atoms with E-state index in [4.69, 9.17) is 0 Å². The Bertz CT molecular complexity index is 722. The number of para-hydroxylation sites is 1. The van der Waals surface area contributed by atoms with Crippen LogP contribution in [0.3, 0.4) is 0 Å². The van der Waals surface area contributed by atoms with Gasteiger partial charge < -0.3 is 15.7 Å². The average Bonchev–Trinajstić information content (AvgIpc) is 2.61. The van der Waals surface area contributed by atoms with E-state index in [-0.39, 0.29) is 5.75 Å². The summed E-state index contributed by atoms with van der Waals surface area (Å²) in [5.41, 5.74) is 4.60. The number of hydrogen-bond acceptors (Lipinski definition) is 3. The largest absolute Gasteiger partial charge is 0.508 e. The molecule has 0 radical (unpaired) electrons. The first-order valence-electron chi connectivity index (χ1n) is 7.69. The smallest absolute Gasteiger partial charge is 0.115 e. The van der Waals surface area contributed by atoms with Crippen LogP contribution >= 0.6 is 0 Å². The van der Waals surface area contributed by atoms with E-state index >= 15 is 0 Å². The molecule has 3 heteroatoms. The minimum atomic E-state index is 0.283. The Morgan fingerprint density at radius 3 is 1.57 bits per heavy atom. The Kier molecular flexibility index (Phi) is 4.79. The monoisotopic (exact) mass is 304 g/mol. The lowest BCUT2D eigenvalue weighted by Crippen LogP contribution is -2.01. The second kappa shape index (κ2) is 7.36. The highest BCUT2D eigenvalue weighted by Gasteiger charge is 1.97. The summed E-state index contributed by atoms with van der Waals surface area (Å²) in [6.45, 7) is 1.58. The van der Waals surface area contributed by atoms with Crippen molar-refractivity contribution in [2.45, 2.75) is 13.1 Å². The molecule has 0 saturated heterocycles. The van der Waals surface area contributed by atoms with E-state index in [1.165, 1.54) is 11.1 Å². The zero-order valence-electron chi connectivity index (χ0n) is 12.9. The lowest BCUT2D eigenvalue weighted by molar-refractivity contribution is 0.475. The molecular weight excluding hydrogens is 284 g/mol. The third-order valence-electron chi connectivity index (χ3n) is 3.66. The van der Waals surface area contributed by atoms with Crippen molar-refractivity contribution < 1.29 is 5.11 Å².